The van der Waals surface area contributed by atoms with Crippen LogP contribution in [0.2, 0.25) is 0 Å². The van der Waals surface area contributed by atoms with Gasteiger partial charge in [-0.05, 0) is 36.2 Å². The summed E-state index contributed by atoms with van der Waals surface area (Å²) in [7, 11) is 3.60. The molecule has 0 spiro atoms. The fourth-order valence-corrected chi connectivity index (χ4v) is 3.29. The van der Waals surface area contributed by atoms with E-state index < -0.39 is 0 Å². The van der Waals surface area contributed by atoms with E-state index in [1.165, 1.54) is 0 Å². The van der Waals surface area contributed by atoms with E-state index in [-0.39, 0.29) is 11.9 Å². The second-order valence-corrected chi connectivity index (χ2v) is 6.15. The summed E-state index contributed by atoms with van der Waals surface area (Å²) in [6.07, 6.45) is 1.91. The van der Waals surface area contributed by atoms with Crippen LogP contribution in [-0.2, 0) is 11.3 Å². The Hall–Kier alpha value is -2.07. The highest BCUT2D eigenvalue weighted by Gasteiger charge is 2.32. The van der Waals surface area contributed by atoms with E-state index in [0.717, 1.165) is 35.7 Å². The first-order chi connectivity index (χ1) is 10.6. The van der Waals surface area contributed by atoms with Gasteiger partial charge in [-0.2, -0.15) is 0 Å². The lowest BCUT2D eigenvalue weighted by Gasteiger charge is -2.26. The smallest absolute Gasteiger partial charge is 0.239 e. The van der Waals surface area contributed by atoms with E-state index in [0.29, 0.717) is 12.3 Å². The van der Waals surface area contributed by atoms with Crippen LogP contribution in [0.25, 0.3) is 10.8 Å². The number of hydrogen-bond donors (Lipinski definition) is 1. The van der Waals surface area contributed by atoms with Crippen LogP contribution in [-0.4, -0.2) is 47.5 Å². The predicted molar refractivity (Wildman–Crippen MR) is 87.7 cm³/mol. The van der Waals surface area contributed by atoms with Crippen molar-refractivity contribution in [3.63, 3.8) is 0 Å². The molecular weight excluding hydrogens is 276 g/mol. The van der Waals surface area contributed by atoms with Crippen LogP contribution in [0, 0.1) is 0 Å². The number of hydrogen-bond acceptors (Lipinski definition) is 3. The summed E-state index contributed by atoms with van der Waals surface area (Å²) in [4.78, 5) is 16.2. The molecule has 1 N–H and O–H groups in total. The monoisotopic (exact) mass is 298 g/mol. The van der Waals surface area contributed by atoms with Gasteiger partial charge in [-0.25, -0.2) is 0 Å². The Balaban J connectivity index is 1.92. The van der Waals surface area contributed by atoms with E-state index in [9.17, 15) is 9.90 Å². The van der Waals surface area contributed by atoms with Gasteiger partial charge in [-0.15, -0.1) is 0 Å². The Morgan fingerprint density at radius 2 is 2.05 bits per heavy atom. The lowest BCUT2D eigenvalue weighted by atomic mass is 10.0. The van der Waals surface area contributed by atoms with Gasteiger partial charge in [0.25, 0.3) is 0 Å². The highest BCUT2D eigenvalue weighted by molar-refractivity contribution is 5.88. The molecule has 1 aliphatic rings. The van der Waals surface area contributed by atoms with Gasteiger partial charge in [-0.3, -0.25) is 9.69 Å². The Bertz CT molecular complexity index is 697. The Morgan fingerprint density at radius 3 is 2.82 bits per heavy atom. The van der Waals surface area contributed by atoms with Crippen molar-refractivity contribution in [1.82, 2.24) is 9.80 Å². The number of fused-ring (bicyclic) bond motifs is 1. The molecule has 1 aliphatic heterocycles. The summed E-state index contributed by atoms with van der Waals surface area (Å²) in [5.41, 5.74) is 0.913. The average Bonchev–Trinajstić information content (AvgIpc) is 2.97. The molecule has 0 unspecified atom stereocenters. The third-order valence-corrected chi connectivity index (χ3v) is 4.47. The molecule has 1 saturated heterocycles. The number of likely N-dealkylation sites (tertiary alicyclic amines) is 1. The Kier molecular flexibility index (Phi) is 4.03. The lowest BCUT2D eigenvalue weighted by molar-refractivity contribution is -0.133. The van der Waals surface area contributed by atoms with Crippen LogP contribution in [0.5, 0.6) is 5.75 Å². The topological polar surface area (TPSA) is 43.8 Å². The van der Waals surface area contributed by atoms with E-state index in [1.807, 2.05) is 30.3 Å². The van der Waals surface area contributed by atoms with E-state index in [1.54, 1.807) is 25.1 Å². The van der Waals surface area contributed by atoms with Crippen molar-refractivity contribution in [2.24, 2.45) is 0 Å². The molecule has 1 heterocycles. The minimum atomic E-state index is -0.0756. The molecule has 2 aromatic carbocycles. The maximum Gasteiger partial charge on any atom is 0.239 e. The fraction of sp³-hybridized carbons (Fsp3) is 0.389. The van der Waals surface area contributed by atoms with Crippen LogP contribution in [0.4, 0.5) is 0 Å². The molecule has 0 aliphatic carbocycles. The van der Waals surface area contributed by atoms with Crippen LogP contribution in [0.15, 0.2) is 36.4 Å². The molecule has 22 heavy (non-hydrogen) atoms. The van der Waals surface area contributed by atoms with Gasteiger partial charge in [0.1, 0.15) is 5.75 Å². The first kappa shape index (κ1) is 14.9. The van der Waals surface area contributed by atoms with Crippen molar-refractivity contribution < 1.29 is 9.90 Å². The minimum absolute atomic E-state index is 0.0756. The zero-order chi connectivity index (χ0) is 15.7. The molecule has 0 radical (unpaired) electrons. The van der Waals surface area contributed by atoms with Crippen molar-refractivity contribution >= 4 is 16.7 Å². The predicted octanol–water partition coefficient (Wildman–Crippen LogP) is 2.60. The van der Waals surface area contributed by atoms with Gasteiger partial charge in [0.05, 0.1) is 6.04 Å². The summed E-state index contributed by atoms with van der Waals surface area (Å²) in [6.45, 7) is 1.50. The number of carbonyl (C=O) groups excluding carboxylic acids is 1. The number of rotatable bonds is 3. The number of carbonyl (C=O) groups is 1. The third kappa shape index (κ3) is 2.66. The first-order valence-corrected chi connectivity index (χ1v) is 7.72. The van der Waals surface area contributed by atoms with Crippen molar-refractivity contribution in [2.75, 3.05) is 20.6 Å². The van der Waals surface area contributed by atoms with Gasteiger partial charge in [0, 0.05) is 26.2 Å². The summed E-state index contributed by atoms with van der Waals surface area (Å²) in [6, 6.07) is 11.7. The molecular formula is C18H22N2O2. The summed E-state index contributed by atoms with van der Waals surface area (Å²) >= 11 is 0. The minimum Gasteiger partial charge on any atom is -0.508 e. The zero-order valence-electron chi connectivity index (χ0n) is 13.1. The van der Waals surface area contributed by atoms with Gasteiger partial charge in [0.15, 0.2) is 0 Å². The quantitative estimate of drug-likeness (QED) is 0.947. The molecule has 1 amide bonds. The summed E-state index contributed by atoms with van der Waals surface area (Å²) in [5, 5.41) is 12.5. The second kappa shape index (κ2) is 5.97. The van der Waals surface area contributed by atoms with Crippen LogP contribution in [0.3, 0.4) is 0 Å². The summed E-state index contributed by atoms with van der Waals surface area (Å²) < 4.78 is 0. The molecule has 0 bridgehead atoms. The number of phenolic OH excluding ortho intramolecular Hbond substituents is 1. The average molecular weight is 298 g/mol. The van der Waals surface area contributed by atoms with Crippen molar-refractivity contribution in [3.05, 3.63) is 42.0 Å². The number of aromatic hydroxyl groups is 1. The molecule has 4 nitrogen and oxygen atoms in total. The van der Waals surface area contributed by atoms with Crippen molar-refractivity contribution in [1.29, 1.82) is 0 Å². The molecule has 116 valence electrons. The lowest BCUT2D eigenvalue weighted by Crippen LogP contribution is -2.42. The highest BCUT2D eigenvalue weighted by atomic mass is 16.3. The van der Waals surface area contributed by atoms with Gasteiger partial charge in [0.2, 0.25) is 5.91 Å². The van der Waals surface area contributed by atoms with Crippen molar-refractivity contribution in [2.45, 2.75) is 25.4 Å². The normalized spacial score (nSPS) is 18.7. The van der Waals surface area contributed by atoms with Crippen LogP contribution >= 0.6 is 0 Å². The molecule has 1 atom stereocenters. The second-order valence-electron chi connectivity index (χ2n) is 6.15. The number of benzene rings is 2. The Morgan fingerprint density at radius 1 is 1.27 bits per heavy atom. The van der Waals surface area contributed by atoms with E-state index in [4.69, 9.17) is 0 Å². The molecule has 4 heteroatoms. The third-order valence-electron chi connectivity index (χ3n) is 4.47. The molecule has 0 saturated carbocycles. The Labute approximate surface area is 131 Å². The van der Waals surface area contributed by atoms with E-state index >= 15 is 0 Å². The maximum absolute atomic E-state index is 12.3. The largest absolute Gasteiger partial charge is 0.508 e. The van der Waals surface area contributed by atoms with Gasteiger partial charge in [-0.1, -0.05) is 30.3 Å². The number of amides is 1. The standard InChI is InChI=1S/C18H22N2O2/c1-19(2)18(22)16-8-5-11-20(16)12-15-14-7-4-3-6-13(14)9-10-17(15)21/h3-4,6-7,9-10,16,21H,5,8,11-12H2,1-2H3/t16-/m0/s1. The van der Waals surface area contributed by atoms with Crippen molar-refractivity contribution in [3.8, 4) is 5.75 Å². The van der Waals surface area contributed by atoms with Crippen LogP contribution < -0.4 is 0 Å². The molecule has 3 rings (SSSR count). The number of nitrogens with zero attached hydrogens (tertiary/aromatic N) is 2. The maximum atomic E-state index is 12.3. The van der Waals surface area contributed by atoms with E-state index in [2.05, 4.69) is 4.90 Å². The number of phenols is 1. The molecule has 0 aromatic heterocycles. The molecule has 2 aromatic rings. The molecule has 1 fully saturated rings. The SMILES string of the molecule is CN(C)C(=O)[C@@H]1CCCN1Cc1c(O)ccc2ccccc12. The summed E-state index contributed by atoms with van der Waals surface area (Å²) in [5.74, 6) is 0.457. The number of likely N-dealkylation sites (N-methyl/N-ethyl adjacent to an activating group) is 1. The first-order valence-electron chi connectivity index (χ1n) is 7.72. The highest BCUT2D eigenvalue weighted by Crippen LogP contribution is 2.31. The fourth-order valence-electron chi connectivity index (χ4n) is 3.29. The van der Waals surface area contributed by atoms with Crippen LogP contribution in [0.1, 0.15) is 18.4 Å². The van der Waals surface area contributed by atoms with Gasteiger partial charge >= 0.3 is 0 Å². The zero-order valence-corrected chi connectivity index (χ0v) is 13.1. The van der Waals surface area contributed by atoms with Gasteiger partial charge < -0.3 is 10.0 Å².